The molecule has 1 aliphatic rings. The van der Waals surface area contributed by atoms with E-state index in [0.29, 0.717) is 0 Å². The van der Waals surface area contributed by atoms with Crippen LogP contribution in [0.3, 0.4) is 0 Å². The minimum absolute atomic E-state index is 0.272. The van der Waals surface area contributed by atoms with Gasteiger partial charge in [-0.3, -0.25) is 4.90 Å². The molecule has 19 heavy (non-hydrogen) atoms. The summed E-state index contributed by atoms with van der Waals surface area (Å²) in [5, 5.41) is 0. The SMILES string of the molecule is Cc1ccc(SC[C@H](N)CCN2CCOCC2)cc1. The molecule has 0 amide bonds. The second kappa shape index (κ2) is 7.90. The molecule has 0 radical (unpaired) electrons. The van der Waals surface area contributed by atoms with Crippen molar-refractivity contribution < 1.29 is 4.74 Å². The molecule has 1 atom stereocenters. The molecule has 1 aromatic carbocycles. The predicted octanol–water partition coefficient (Wildman–Crippen LogP) is 2.14. The third kappa shape index (κ3) is 5.53. The van der Waals surface area contributed by atoms with Crippen molar-refractivity contribution in [2.75, 3.05) is 38.6 Å². The Bertz CT molecular complexity index is 363. The Morgan fingerprint density at radius 2 is 1.95 bits per heavy atom. The summed E-state index contributed by atoms with van der Waals surface area (Å²) in [5.41, 5.74) is 7.50. The van der Waals surface area contributed by atoms with Crippen LogP contribution in [-0.2, 0) is 4.74 Å². The number of thioether (sulfide) groups is 1. The molecule has 0 spiro atoms. The molecule has 4 heteroatoms. The molecule has 106 valence electrons. The first-order valence-corrected chi connectivity index (χ1v) is 7.98. The lowest BCUT2D eigenvalue weighted by Gasteiger charge is -2.27. The third-order valence-electron chi connectivity index (χ3n) is 3.40. The van der Waals surface area contributed by atoms with E-state index in [1.165, 1.54) is 10.5 Å². The Balaban J connectivity index is 1.63. The van der Waals surface area contributed by atoms with Crippen LogP contribution in [0.25, 0.3) is 0 Å². The van der Waals surface area contributed by atoms with E-state index in [2.05, 4.69) is 36.1 Å². The van der Waals surface area contributed by atoms with Gasteiger partial charge in [-0.25, -0.2) is 0 Å². The Hall–Kier alpha value is -0.550. The molecule has 0 unspecified atom stereocenters. The van der Waals surface area contributed by atoms with Crippen molar-refractivity contribution >= 4 is 11.8 Å². The molecular formula is C15H24N2OS. The van der Waals surface area contributed by atoms with E-state index in [9.17, 15) is 0 Å². The van der Waals surface area contributed by atoms with Crippen molar-refractivity contribution in [1.82, 2.24) is 4.90 Å². The van der Waals surface area contributed by atoms with E-state index in [1.54, 1.807) is 0 Å². The summed E-state index contributed by atoms with van der Waals surface area (Å²) in [7, 11) is 0. The number of morpholine rings is 1. The molecule has 0 bridgehead atoms. The van der Waals surface area contributed by atoms with E-state index in [1.807, 2.05) is 11.8 Å². The molecule has 1 heterocycles. The van der Waals surface area contributed by atoms with Crippen molar-refractivity contribution in [3.8, 4) is 0 Å². The van der Waals surface area contributed by atoms with Gasteiger partial charge in [0.1, 0.15) is 0 Å². The van der Waals surface area contributed by atoms with Gasteiger partial charge in [-0.1, -0.05) is 17.7 Å². The monoisotopic (exact) mass is 280 g/mol. The highest BCUT2D eigenvalue weighted by Gasteiger charge is 2.12. The number of nitrogens with two attached hydrogens (primary N) is 1. The molecule has 1 aliphatic heterocycles. The lowest BCUT2D eigenvalue weighted by molar-refractivity contribution is 0.0369. The van der Waals surface area contributed by atoms with Crippen LogP contribution in [-0.4, -0.2) is 49.5 Å². The van der Waals surface area contributed by atoms with Crippen LogP contribution in [0.15, 0.2) is 29.2 Å². The molecule has 1 fully saturated rings. The molecule has 1 aromatic rings. The lowest BCUT2D eigenvalue weighted by atomic mass is 10.2. The standard InChI is InChI=1S/C15H24N2OS/c1-13-2-4-15(5-3-13)19-12-14(16)6-7-17-8-10-18-11-9-17/h2-5,14H,6-12,16H2,1H3/t14-/m1/s1. The van der Waals surface area contributed by atoms with Gasteiger partial charge in [0, 0.05) is 29.8 Å². The van der Waals surface area contributed by atoms with E-state index in [4.69, 9.17) is 10.5 Å². The van der Waals surface area contributed by atoms with Crippen LogP contribution in [0, 0.1) is 6.92 Å². The highest BCUT2D eigenvalue weighted by atomic mass is 32.2. The number of hydrogen-bond acceptors (Lipinski definition) is 4. The maximum Gasteiger partial charge on any atom is 0.0594 e. The minimum Gasteiger partial charge on any atom is -0.379 e. The molecule has 0 saturated carbocycles. The van der Waals surface area contributed by atoms with Gasteiger partial charge >= 0.3 is 0 Å². The van der Waals surface area contributed by atoms with E-state index in [-0.39, 0.29) is 6.04 Å². The second-order valence-electron chi connectivity index (χ2n) is 5.13. The Morgan fingerprint density at radius 3 is 2.63 bits per heavy atom. The second-order valence-corrected chi connectivity index (χ2v) is 6.22. The van der Waals surface area contributed by atoms with Crippen molar-refractivity contribution in [3.05, 3.63) is 29.8 Å². The molecule has 3 nitrogen and oxygen atoms in total. The zero-order chi connectivity index (χ0) is 13.5. The van der Waals surface area contributed by atoms with Gasteiger partial charge in [-0.15, -0.1) is 11.8 Å². The molecule has 2 rings (SSSR count). The van der Waals surface area contributed by atoms with E-state index in [0.717, 1.165) is 45.0 Å². The molecule has 0 aliphatic carbocycles. The summed E-state index contributed by atoms with van der Waals surface area (Å²) in [5.74, 6) is 0.993. The minimum atomic E-state index is 0.272. The van der Waals surface area contributed by atoms with Gasteiger partial charge in [0.15, 0.2) is 0 Å². The largest absolute Gasteiger partial charge is 0.379 e. The number of rotatable bonds is 6. The average Bonchev–Trinajstić information content (AvgIpc) is 2.45. The Morgan fingerprint density at radius 1 is 1.26 bits per heavy atom. The molecule has 1 saturated heterocycles. The number of aryl methyl sites for hydroxylation is 1. The fourth-order valence-corrected chi connectivity index (χ4v) is 3.00. The summed E-state index contributed by atoms with van der Waals surface area (Å²) in [6.07, 6.45) is 1.07. The average molecular weight is 280 g/mol. The van der Waals surface area contributed by atoms with Crippen molar-refractivity contribution in [2.45, 2.75) is 24.3 Å². The molecular weight excluding hydrogens is 256 g/mol. The smallest absolute Gasteiger partial charge is 0.0594 e. The van der Waals surface area contributed by atoms with Crippen molar-refractivity contribution in [2.24, 2.45) is 5.73 Å². The van der Waals surface area contributed by atoms with Crippen LogP contribution in [0.1, 0.15) is 12.0 Å². The summed E-state index contributed by atoms with van der Waals surface area (Å²) < 4.78 is 5.34. The molecule has 2 N–H and O–H groups in total. The Labute approximate surface area is 120 Å². The van der Waals surface area contributed by atoms with E-state index < -0.39 is 0 Å². The number of benzene rings is 1. The van der Waals surface area contributed by atoms with Gasteiger partial charge in [0.05, 0.1) is 13.2 Å². The lowest BCUT2D eigenvalue weighted by Crippen LogP contribution is -2.39. The first-order chi connectivity index (χ1) is 9.24. The van der Waals surface area contributed by atoms with Gasteiger partial charge in [-0.2, -0.15) is 0 Å². The zero-order valence-electron chi connectivity index (χ0n) is 11.7. The zero-order valence-corrected chi connectivity index (χ0v) is 12.5. The van der Waals surface area contributed by atoms with Gasteiger partial charge in [-0.05, 0) is 32.0 Å². The van der Waals surface area contributed by atoms with Crippen LogP contribution >= 0.6 is 11.8 Å². The van der Waals surface area contributed by atoms with Gasteiger partial charge < -0.3 is 10.5 Å². The van der Waals surface area contributed by atoms with Crippen LogP contribution in [0.4, 0.5) is 0 Å². The highest BCUT2D eigenvalue weighted by molar-refractivity contribution is 7.99. The first kappa shape index (κ1) is 14.9. The maximum absolute atomic E-state index is 6.19. The summed E-state index contributed by atoms with van der Waals surface area (Å²) in [6.45, 7) is 7.05. The quantitative estimate of drug-likeness (QED) is 0.810. The Kier molecular flexibility index (Phi) is 6.17. The fraction of sp³-hybridized carbons (Fsp3) is 0.600. The number of nitrogens with zero attached hydrogens (tertiary/aromatic N) is 1. The van der Waals surface area contributed by atoms with Crippen molar-refractivity contribution in [1.29, 1.82) is 0 Å². The van der Waals surface area contributed by atoms with Gasteiger partial charge in [0.25, 0.3) is 0 Å². The summed E-state index contributed by atoms with van der Waals surface area (Å²) in [4.78, 5) is 3.76. The maximum atomic E-state index is 6.19. The topological polar surface area (TPSA) is 38.5 Å². The highest BCUT2D eigenvalue weighted by Crippen LogP contribution is 2.19. The number of ether oxygens (including phenoxy) is 1. The summed E-state index contributed by atoms with van der Waals surface area (Å²) >= 11 is 1.86. The molecule has 0 aromatic heterocycles. The first-order valence-electron chi connectivity index (χ1n) is 6.99. The van der Waals surface area contributed by atoms with Crippen LogP contribution in [0.5, 0.6) is 0 Å². The van der Waals surface area contributed by atoms with Crippen LogP contribution in [0.2, 0.25) is 0 Å². The number of hydrogen-bond donors (Lipinski definition) is 1. The van der Waals surface area contributed by atoms with E-state index >= 15 is 0 Å². The van der Waals surface area contributed by atoms with Gasteiger partial charge in [0.2, 0.25) is 0 Å². The predicted molar refractivity (Wildman–Crippen MR) is 81.8 cm³/mol. The fourth-order valence-electron chi connectivity index (χ4n) is 2.09. The third-order valence-corrected chi connectivity index (χ3v) is 4.61. The normalized spacial score (nSPS) is 18.4. The van der Waals surface area contributed by atoms with Crippen molar-refractivity contribution in [3.63, 3.8) is 0 Å². The van der Waals surface area contributed by atoms with Crippen LogP contribution < -0.4 is 5.73 Å². The summed E-state index contributed by atoms with van der Waals surface area (Å²) in [6, 6.07) is 8.93.